The molecule has 0 saturated heterocycles. The van der Waals surface area contributed by atoms with Crippen molar-refractivity contribution in [3.63, 3.8) is 0 Å². The molecule has 2 rings (SSSR count). The molecule has 1 aromatic carbocycles. The summed E-state index contributed by atoms with van der Waals surface area (Å²) in [5.74, 6) is -0.288. The molecule has 1 N–H and O–H groups in total. The maximum Gasteiger partial charge on any atom is 0.328 e. The van der Waals surface area contributed by atoms with Gasteiger partial charge in [0.2, 0.25) is 11.8 Å². The molecule has 0 aliphatic carbocycles. The Morgan fingerprint density at radius 1 is 1.38 bits per heavy atom. The van der Waals surface area contributed by atoms with Gasteiger partial charge in [0.05, 0.1) is 17.7 Å². The molecule has 1 heterocycles. The lowest BCUT2D eigenvalue weighted by atomic mass is 10.1. The van der Waals surface area contributed by atoms with Crippen LogP contribution in [-0.4, -0.2) is 34.7 Å². The maximum atomic E-state index is 12.6. The highest BCUT2D eigenvalue weighted by molar-refractivity contribution is 6.01. The van der Waals surface area contributed by atoms with Gasteiger partial charge in [-0.25, -0.2) is 4.79 Å². The van der Waals surface area contributed by atoms with Gasteiger partial charge in [-0.1, -0.05) is 18.2 Å². The lowest BCUT2D eigenvalue weighted by Gasteiger charge is -2.16. The first-order valence-electron chi connectivity index (χ1n) is 7.54. The average molecular weight is 329 g/mol. The first-order chi connectivity index (χ1) is 11.6. The normalized spacial score (nSPS) is 11.6. The Labute approximate surface area is 139 Å². The van der Waals surface area contributed by atoms with Gasteiger partial charge >= 0.3 is 5.97 Å². The second-order valence-corrected chi connectivity index (χ2v) is 4.97. The van der Waals surface area contributed by atoms with Crippen LogP contribution < -0.4 is 5.32 Å². The van der Waals surface area contributed by atoms with Crippen molar-refractivity contribution in [3.05, 3.63) is 48.4 Å². The van der Waals surface area contributed by atoms with Crippen LogP contribution in [0.1, 0.15) is 29.6 Å². The summed E-state index contributed by atoms with van der Waals surface area (Å²) < 4.78 is 10.4. The number of rotatable bonds is 7. The largest absolute Gasteiger partial charge is 0.464 e. The van der Waals surface area contributed by atoms with Gasteiger partial charge in [-0.05, 0) is 25.5 Å². The van der Waals surface area contributed by atoms with E-state index in [2.05, 4.69) is 22.1 Å². The fraction of sp³-hybridized carbons (Fsp3) is 0.294. The number of nitrogens with zero attached hydrogens (tertiary/aromatic N) is 2. The van der Waals surface area contributed by atoms with E-state index < -0.39 is 17.9 Å². The highest BCUT2D eigenvalue weighted by atomic mass is 16.5. The number of carbonyl (C=O) groups excluding carboxylic acids is 2. The molecule has 1 unspecified atom stereocenters. The van der Waals surface area contributed by atoms with E-state index in [4.69, 9.17) is 9.15 Å². The minimum Gasteiger partial charge on any atom is -0.464 e. The van der Waals surface area contributed by atoms with E-state index in [1.54, 1.807) is 44.2 Å². The topological polar surface area (TPSA) is 94.3 Å². The Bertz CT molecular complexity index is 739. The second-order valence-electron chi connectivity index (χ2n) is 4.97. The number of hydrogen-bond donors (Lipinski definition) is 1. The number of aromatic nitrogens is 2. The van der Waals surface area contributed by atoms with Crippen LogP contribution in [0.4, 0.5) is 0 Å². The van der Waals surface area contributed by atoms with Crippen molar-refractivity contribution in [2.24, 2.45) is 0 Å². The van der Waals surface area contributed by atoms with Crippen LogP contribution in [0.15, 0.2) is 41.3 Å². The van der Waals surface area contributed by atoms with Crippen LogP contribution in [0.2, 0.25) is 0 Å². The van der Waals surface area contributed by atoms with E-state index in [9.17, 15) is 9.59 Å². The molecule has 0 aliphatic rings. The van der Waals surface area contributed by atoms with Gasteiger partial charge in [0.25, 0.3) is 5.91 Å². The molecule has 0 aliphatic heterocycles. The van der Waals surface area contributed by atoms with E-state index >= 15 is 0 Å². The number of hydrogen-bond acceptors (Lipinski definition) is 6. The summed E-state index contributed by atoms with van der Waals surface area (Å²) in [6, 6.07) is 6.01. The highest BCUT2D eigenvalue weighted by Gasteiger charge is 2.23. The monoisotopic (exact) mass is 329 g/mol. The van der Waals surface area contributed by atoms with Gasteiger partial charge in [0, 0.05) is 6.92 Å². The summed E-state index contributed by atoms with van der Waals surface area (Å²) in [5, 5.41) is 10.4. The molecule has 1 aromatic heterocycles. The number of aryl methyl sites for hydroxylation is 1. The van der Waals surface area contributed by atoms with Crippen molar-refractivity contribution in [1.82, 2.24) is 15.5 Å². The van der Waals surface area contributed by atoms with Gasteiger partial charge < -0.3 is 14.5 Å². The van der Waals surface area contributed by atoms with E-state index in [-0.39, 0.29) is 18.9 Å². The quantitative estimate of drug-likeness (QED) is 0.618. The van der Waals surface area contributed by atoms with Crippen molar-refractivity contribution in [2.75, 3.05) is 6.61 Å². The fourth-order valence-electron chi connectivity index (χ4n) is 2.13. The zero-order chi connectivity index (χ0) is 17.5. The number of benzene rings is 1. The van der Waals surface area contributed by atoms with Gasteiger partial charge in [0.1, 0.15) is 6.04 Å². The number of carbonyl (C=O) groups is 2. The molecule has 0 radical (unpaired) electrons. The Morgan fingerprint density at radius 2 is 2.12 bits per heavy atom. The summed E-state index contributed by atoms with van der Waals surface area (Å²) in [6.07, 6.45) is 1.82. The van der Waals surface area contributed by atoms with Crippen molar-refractivity contribution < 1.29 is 18.7 Å². The second kappa shape index (κ2) is 8.05. The summed E-state index contributed by atoms with van der Waals surface area (Å²) in [6.45, 7) is 7.21. The zero-order valence-corrected chi connectivity index (χ0v) is 13.6. The predicted molar refractivity (Wildman–Crippen MR) is 87.2 cm³/mol. The molecule has 0 bridgehead atoms. The molecule has 7 nitrogen and oxygen atoms in total. The molecule has 0 fully saturated rings. The SMILES string of the molecule is C=CCC(NC(=O)c1ccccc1-c1nnc(C)o1)C(=O)OCC. The molecule has 24 heavy (non-hydrogen) atoms. The van der Waals surface area contributed by atoms with Gasteiger partial charge in [-0.2, -0.15) is 0 Å². The number of ether oxygens (including phenoxy) is 1. The molecule has 7 heteroatoms. The maximum absolute atomic E-state index is 12.6. The molecule has 2 aromatic rings. The molecule has 126 valence electrons. The van der Waals surface area contributed by atoms with E-state index in [0.29, 0.717) is 17.0 Å². The lowest BCUT2D eigenvalue weighted by Crippen LogP contribution is -2.41. The molecule has 1 amide bonds. The number of amides is 1. The van der Waals surface area contributed by atoms with Crippen molar-refractivity contribution in [2.45, 2.75) is 26.3 Å². The molecular weight excluding hydrogens is 310 g/mol. The average Bonchev–Trinajstić information content (AvgIpc) is 3.01. The van der Waals surface area contributed by atoms with Crippen LogP contribution in [0.25, 0.3) is 11.5 Å². The third-order valence-corrected chi connectivity index (χ3v) is 3.21. The van der Waals surface area contributed by atoms with E-state index in [1.165, 1.54) is 0 Å². The number of nitrogens with one attached hydrogen (secondary N) is 1. The summed E-state index contributed by atoms with van der Waals surface area (Å²) in [7, 11) is 0. The van der Waals surface area contributed by atoms with Crippen molar-refractivity contribution >= 4 is 11.9 Å². The summed E-state index contributed by atoms with van der Waals surface area (Å²) in [4.78, 5) is 24.5. The van der Waals surface area contributed by atoms with Crippen molar-refractivity contribution in [1.29, 1.82) is 0 Å². The number of esters is 1. The Kier molecular flexibility index (Phi) is 5.83. The summed E-state index contributed by atoms with van der Waals surface area (Å²) in [5.41, 5.74) is 0.830. The third kappa shape index (κ3) is 4.07. The van der Waals surface area contributed by atoms with Crippen molar-refractivity contribution in [3.8, 4) is 11.5 Å². The Balaban J connectivity index is 2.26. The zero-order valence-electron chi connectivity index (χ0n) is 13.6. The van der Waals surface area contributed by atoms with Crippen LogP contribution in [0.3, 0.4) is 0 Å². The lowest BCUT2D eigenvalue weighted by molar-refractivity contribution is -0.145. The predicted octanol–water partition coefficient (Wildman–Crippen LogP) is 2.28. The Hall–Kier alpha value is -2.96. The standard InChI is InChI=1S/C17H19N3O4/c1-4-8-14(17(22)23-5-2)18-15(21)12-9-6-7-10-13(12)16-20-19-11(3)24-16/h4,6-7,9-10,14H,1,5,8H2,2-3H3,(H,18,21). The minimum atomic E-state index is -0.799. The van der Waals surface area contributed by atoms with Crippen LogP contribution in [0.5, 0.6) is 0 Å². The highest BCUT2D eigenvalue weighted by Crippen LogP contribution is 2.22. The fourth-order valence-corrected chi connectivity index (χ4v) is 2.13. The molecular formula is C17H19N3O4. The van der Waals surface area contributed by atoms with Crippen LogP contribution in [0, 0.1) is 6.92 Å². The van der Waals surface area contributed by atoms with E-state index in [0.717, 1.165) is 0 Å². The third-order valence-electron chi connectivity index (χ3n) is 3.21. The first-order valence-corrected chi connectivity index (χ1v) is 7.54. The smallest absolute Gasteiger partial charge is 0.328 e. The molecule has 0 spiro atoms. The summed E-state index contributed by atoms with van der Waals surface area (Å²) >= 11 is 0. The minimum absolute atomic E-state index is 0.236. The molecule has 0 saturated carbocycles. The van der Waals surface area contributed by atoms with Gasteiger partial charge in [0.15, 0.2) is 0 Å². The van der Waals surface area contributed by atoms with Crippen LogP contribution >= 0.6 is 0 Å². The van der Waals surface area contributed by atoms with Gasteiger partial charge in [-0.3, -0.25) is 4.79 Å². The first kappa shape index (κ1) is 17.4. The Morgan fingerprint density at radius 3 is 2.75 bits per heavy atom. The molecule has 1 atom stereocenters. The van der Waals surface area contributed by atoms with Crippen LogP contribution in [-0.2, 0) is 9.53 Å². The van der Waals surface area contributed by atoms with E-state index in [1.807, 2.05) is 0 Å². The van der Waals surface area contributed by atoms with Gasteiger partial charge in [-0.15, -0.1) is 16.8 Å².